The second-order valence-corrected chi connectivity index (χ2v) is 4.53. The molecule has 0 aliphatic rings. The molecule has 0 amide bonds. The summed E-state index contributed by atoms with van der Waals surface area (Å²) in [5, 5.41) is 11.7. The third kappa shape index (κ3) is 3.47. The van der Waals surface area contributed by atoms with Crippen LogP contribution in [0.3, 0.4) is 0 Å². The fourth-order valence-electron chi connectivity index (χ4n) is 1.92. The summed E-state index contributed by atoms with van der Waals surface area (Å²) in [6.45, 7) is 0.844. The topological polar surface area (TPSA) is 74.7 Å². The molecule has 0 aliphatic carbocycles. The number of nitrogens with zero attached hydrogens (tertiary/aromatic N) is 3. The number of nitrogens with two attached hydrogens (primary N) is 1. The molecule has 104 valence electrons. The van der Waals surface area contributed by atoms with E-state index in [9.17, 15) is 0 Å². The maximum Gasteiger partial charge on any atom is 0.170 e. The van der Waals surface area contributed by atoms with Gasteiger partial charge in [0, 0.05) is 43.2 Å². The summed E-state index contributed by atoms with van der Waals surface area (Å²) in [4.78, 5) is 6.42. The number of anilines is 1. The first-order valence-electron chi connectivity index (χ1n) is 6.39. The number of pyridine rings is 1. The molecule has 0 fully saturated rings. The van der Waals surface area contributed by atoms with Gasteiger partial charge in [0.1, 0.15) is 0 Å². The summed E-state index contributed by atoms with van der Waals surface area (Å²) >= 11 is 0. The van der Waals surface area contributed by atoms with E-state index in [2.05, 4.69) is 15.0 Å². The van der Waals surface area contributed by atoms with Gasteiger partial charge in [-0.05, 0) is 24.3 Å². The van der Waals surface area contributed by atoms with Crippen LogP contribution in [0.25, 0.3) is 0 Å². The molecular formula is C15H18N4O. The minimum Gasteiger partial charge on any atom is -0.409 e. The number of aromatic nitrogens is 1. The molecule has 0 bridgehead atoms. The summed E-state index contributed by atoms with van der Waals surface area (Å²) in [6.07, 6.45) is 2.67. The fraction of sp³-hybridized carbons (Fsp3) is 0.200. The normalized spacial score (nSPS) is 11.3. The lowest BCUT2D eigenvalue weighted by molar-refractivity contribution is 0.318. The molecule has 3 N–H and O–H groups in total. The van der Waals surface area contributed by atoms with Gasteiger partial charge in [-0.2, -0.15) is 0 Å². The van der Waals surface area contributed by atoms with Crippen LogP contribution in [0.15, 0.2) is 53.8 Å². The van der Waals surface area contributed by atoms with Gasteiger partial charge in [-0.1, -0.05) is 23.4 Å². The van der Waals surface area contributed by atoms with Gasteiger partial charge >= 0.3 is 0 Å². The Labute approximate surface area is 118 Å². The highest BCUT2D eigenvalue weighted by Gasteiger charge is 2.05. The Balaban J connectivity index is 2.04. The number of hydrogen-bond acceptors (Lipinski definition) is 4. The number of hydrogen-bond donors (Lipinski definition) is 2. The maximum absolute atomic E-state index is 8.71. The van der Waals surface area contributed by atoms with E-state index in [0.29, 0.717) is 5.56 Å². The summed E-state index contributed by atoms with van der Waals surface area (Å²) in [5.41, 5.74) is 8.38. The summed E-state index contributed by atoms with van der Waals surface area (Å²) < 4.78 is 0. The van der Waals surface area contributed by atoms with E-state index >= 15 is 0 Å². The Morgan fingerprint density at radius 2 is 2.15 bits per heavy atom. The quantitative estimate of drug-likeness (QED) is 0.376. The highest BCUT2D eigenvalue weighted by atomic mass is 16.4. The zero-order chi connectivity index (χ0) is 14.4. The van der Waals surface area contributed by atoms with Crippen LogP contribution >= 0.6 is 0 Å². The zero-order valence-corrected chi connectivity index (χ0v) is 11.4. The number of likely N-dealkylation sites (N-methyl/N-ethyl adjacent to an activating group) is 1. The van der Waals surface area contributed by atoms with Crippen molar-refractivity contribution in [1.29, 1.82) is 0 Å². The Hall–Kier alpha value is -2.56. The van der Waals surface area contributed by atoms with Crippen molar-refractivity contribution < 1.29 is 5.21 Å². The molecule has 0 saturated heterocycles. The number of oxime groups is 1. The SMILES string of the molecule is CN(CCc1ccccn1)c1cccc(C(N)=NO)c1. The second-order valence-electron chi connectivity index (χ2n) is 4.53. The Morgan fingerprint density at radius 1 is 1.30 bits per heavy atom. The van der Waals surface area contributed by atoms with Gasteiger partial charge in [0.05, 0.1) is 0 Å². The van der Waals surface area contributed by atoms with Gasteiger partial charge in [0.2, 0.25) is 0 Å². The first kappa shape index (κ1) is 13.9. The lowest BCUT2D eigenvalue weighted by atomic mass is 10.1. The van der Waals surface area contributed by atoms with E-state index in [1.807, 2.05) is 49.5 Å². The third-order valence-electron chi connectivity index (χ3n) is 3.12. The van der Waals surface area contributed by atoms with Gasteiger partial charge in [-0.15, -0.1) is 0 Å². The van der Waals surface area contributed by atoms with Crippen molar-refractivity contribution in [3.05, 3.63) is 59.9 Å². The average Bonchev–Trinajstić information content (AvgIpc) is 2.53. The van der Waals surface area contributed by atoms with E-state index in [4.69, 9.17) is 10.9 Å². The monoisotopic (exact) mass is 270 g/mol. The first-order chi connectivity index (χ1) is 9.70. The van der Waals surface area contributed by atoms with Crippen LogP contribution in [0.5, 0.6) is 0 Å². The van der Waals surface area contributed by atoms with E-state index in [1.54, 1.807) is 6.20 Å². The molecule has 2 rings (SSSR count). The van der Waals surface area contributed by atoms with E-state index in [1.165, 1.54) is 0 Å². The molecule has 20 heavy (non-hydrogen) atoms. The van der Waals surface area contributed by atoms with Crippen molar-refractivity contribution >= 4 is 11.5 Å². The highest BCUT2D eigenvalue weighted by molar-refractivity contribution is 5.97. The predicted molar refractivity (Wildman–Crippen MR) is 80.2 cm³/mol. The smallest absolute Gasteiger partial charge is 0.170 e. The van der Waals surface area contributed by atoms with E-state index < -0.39 is 0 Å². The van der Waals surface area contributed by atoms with Gasteiger partial charge in [-0.3, -0.25) is 4.98 Å². The molecular weight excluding hydrogens is 252 g/mol. The lowest BCUT2D eigenvalue weighted by Crippen LogP contribution is -2.21. The summed E-state index contributed by atoms with van der Waals surface area (Å²) in [7, 11) is 2.01. The molecule has 5 heteroatoms. The fourth-order valence-corrected chi connectivity index (χ4v) is 1.92. The van der Waals surface area contributed by atoms with Gasteiger partial charge < -0.3 is 15.8 Å². The van der Waals surface area contributed by atoms with Crippen LogP contribution in [0.2, 0.25) is 0 Å². The Morgan fingerprint density at radius 3 is 2.85 bits per heavy atom. The van der Waals surface area contributed by atoms with Crippen LogP contribution < -0.4 is 10.6 Å². The molecule has 1 aromatic heterocycles. The van der Waals surface area contributed by atoms with Crippen LogP contribution in [0.4, 0.5) is 5.69 Å². The number of amidine groups is 1. The Bertz CT molecular complexity index is 583. The van der Waals surface area contributed by atoms with Gasteiger partial charge in [-0.25, -0.2) is 0 Å². The molecule has 0 aliphatic heterocycles. The average molecular weight is 270 g/mol. The molecule has 1 heterocycles. The lowest BCUT2D eigenvalue weighted by Gasteiger charge is -2.19. The molecule has 5 nitrogen and oxygen atoms in total. The highest BCUT2D eigenvalue weighted by Crippen LogP contribution is 2.15. The van der Waals surface area contributed by atoms with Crippen molar-refractivity contribution in [1.82, 2.24) is 4.98 Å². The van der Waals surface area contributed by atoms with Gasteiger partial charge in [0.15, 0.2) is 5.84 Å². The minimum absolute atomic E-state index is 0.116. The maximum atomic E-state index is 8.71. The molecule has 1 aromatic carbocycles. The largest absolute Gasteiger partial charge is 0.409 e. The number of benzene rings is 1. The van der Waals surface area contributed by atoms with Crippen molar-refractivity contribution in [2.75, 3.05) is 18.5 Å². The standard InChI is InChI=1S/C15H18N4O/c1-19(10-8-13-6-2-3-9-17-13)14-7-4-5-12(11-14)15(16)18-20/h2-7,9,11,20H,8,10H2,1H3,(H2,16,18). The molecule has 0 spiro atoms. The second kappa shape index (κ2) is 6.56. The molecule has 0 atom stereocenters. The van der Waals surface area contributed by atoms with Crippen molar-refractivity contribution in [2.24, 2.45) is 10.9 Å². The Kier molecular flexibility index (Phi) is 4.55. The number of rotatable bonds is 5. The summed E-state index contributed by atoms with van der Waals surface area (Å²) in [6, 6.07) is 13.5. The minimum atomic E-state index is 0.116. The van der Waals surface area contributed by atoms with Crippen molar-refractivity contribution in [3.63, 3.8) is 0 Å². The molecule has 0 radical (unpaired) electrons. The van der Waals surface area contributed by atoms with Crippen molar-refractivity contribution in [3.8, 4) is 0 Å². The van der Waals surface area contributed by atoms with Gasteiger partial charge in [0.25, 0.3) is 0 Å². The third-order valence-corrected chi connectivity index (χ3v) is 3.12. The molecule has 0 unspecified atom stereocenters. The van der Waals surface area contributed by atoms with Crippen LogP contribution in [-0.4, -0.2) is 29.6 Å². The zero-order valence-electron chi connectivity index (χ0n) is 11.4. The summed E-state index contributed by atoms with van der Waals surface area (Å²) in [5.74, 6) is 0.116. The first-order valence-corrected chi connectivity index (χ1v) is 6.39. The molecule has 0 saturated carbocycles. The van der Waals surface area contributed by atoms with Crippen molar-refractivity contribution in [2.45, 2.75) is 6.42 Å². The van der Waals surface area contributed by atoms with Crippen LogP contribution in [0.1, 0.15) is 11.3 Å². The predicted octanol–water partition coefficient (Wildman–Crippen LogP) is 1.85. The van der Waals surface area contributed by atoms with E-state index in [-0.39, 0.29) is 5.84 Å². The molecule has 2 aromatic rings. The van der Waals surface area contributed by atoms with Crippen LogP contribution in [-0.2, 0) is 6.42 Å². The van der Waals surface area contributed by atoms with E-state index in [0.717, 1.165) is 24.3 Å². The van der Waals surface area contributed by atoms with Crippen LogP contribution in [0, 0.1) is 0 Å².